The number of likely N-dealkylation sites (N-methyl/N-ethyl adjacent to an activating group) is 1. The van der Waals surface area contributed by atoms with E-state index >= 15 is 0 Å². The van der Waals surface area contributed by atoms with Crippen LogP contribution in [-0.4, -0.2) is 30.1 Å². The van der Waals surface area contributed by atoms with Gasteiger partial charge in [0.25, 0.3) is 5.91 Å². The number of ether oxygens (including phenoxy) is 1. The Hall–Kier alpha value is -2.81. The van der Waals surface area contributed by atoms with Crippen molar-refractivity contribution in [2.75, 3.05) is 7.05 Å². The summed E-state index contributed by atoms with van der Waals surface area (Å²) in [7, 11) is 1.43. The van der Waals surface area contributed by atoms with Crippen molar-refractivity contribution in [2.24, 2.45) is 0 Å². The first kappa shape index (κ1) is 15.2. The lowest BCUT2D eigenvalue weighted by molar-refractivity contribution is -0.144. The third-order valence-corrected chi connectivity index (χ3v) is 2.42. The maximum atomic E-state index is 11.4. The minimum atomic E-state index is -1.07. The average Bonchev–Trinajstić information content (AvgIpc) is 2.44. The number of carbonyl (C=O) groups excluding carboxylic acids is 1. The first-order valence-corrected chi connectivity index (χ1v) is 5.81. The summed E-state index contributed by atoms with van der Waals surface area (Å²) in [6, 6.07) is 8.28. The van der Waals surface area contributed by atoms with Gasteiger partial charge in [-0.3, -0.25) is 4.79 Å². The molecular formula is C14H14N2O4. The van der Waals surface area contributed by atoms with E-state index < -0.39 is 18.0 Å². The average molecular weight is 274 g/mol. The number of rotatable bonds is 5. The van der Waals surface area contributed by atoms with E-state index in [1.165, 1.54) is 20.0 Å². The molecule has 0 aliphatic heterocycles. The van der Waals surface area contributed by atoms with Crippen LogP contribution in [0, 0.1) is 11.3 Å². The smallest absolute Gasteiger partial charge is 0.344 e. The van der Waals surface area contributed by atoms with Crippen LogP contribution in [0.4, 0.5) is 0 Å². The Morgan fingerprint density at radius 3 is 2.75 bits per heavy atom. The van der Waals surface area contributed by atoms with Crippen molar-refractivity contribution in [1.82, 2.24) is 5.32 Å². The number of benzene rings is 1. The molecule has 0 fully saturated rings. The molecule has 0 heterocycles. The number of carboxylic acids is 1. The standard InChI is InChI=1S/C14H14N2O4/c1-9(14(18)19)20-12-5-3-4-10(7-12)6-11(8-15)13(17)16-2/h3-7,9H,1-2H3,(H,16,17)(H,18,19). The van der Waals surface area contributed by atoms with Crippen molar-refractivity contribution in [3.63, 3.8) is 0 Å². The van der Waals surface area contributed by atoms with E-state index in [-0.39, 0.29) is 5.57 Å². The molecule has 104 valence electrons. The van der Waals surface area contributed by atoms with Gasteiger partial charge in [-0.05, 0) is 30.7 Å². The molecule has 1 aromatic carbocycles. The summed E-state index contributed by atoms with van der Waals surface area (Å²) in [6.45, 7) is 1.41. The van der Waals surface area contributed by atoms with Crippen LogP contribution >= 0.6 is 0 Å². The van der Waals surface area contributed by atoms with Gasteiger partial charge in [0.2, 0.25) is 0 Å². The summed E-state index contributed by atoms with van der Waals surface area (Å²) in [4.78, 5) is 22.1. The summed E-state index contributed by atoms with van der Waals surface area (Å²) in [5.74, 6) is -1.21. The zero-order chi connectivity index (χ0) is 15.1. The second kappa shape index (κ2) is 6.95. The molecule has 0 aromatic heterocycles. The van der Waals surface area contributed by atoms with Gasteiger partial charge in [0.1, 0.15) is 17.4 Å². The normalized spacial score (nSPS) is 12.2. The highest BCUT2D eigenvalue weighted by Crippen LogP contribution is 2.17. The second-order valence-electron chi connectivity index (χ2n) is 3.92. The van der Waals surface area contributed by atoms with Crippen LogP contribution in [0.5, 0.6) is 5.75 Å². The van der Waals surface area contributed by atoms with Crippen molar-refractivity contribution < 1.29 is 19.4 Å². The lowest BCUT2D eigenvalue weighted by Gasteiger charge is -2.10. The van der Waals surface area contributed by atoms with Crippen molar-refractivity contribution >= 4 is 18.0 Å². The third kappa shape index (κ3) is 4.14. The number of nitrogens with zero attached hydrogens (tertiary/aromatic N) is 1. The van der Waals surface area contributed by atoms with Crippen LogP contribution in [-0.2, 0) is 9.59 Å². The Morgan fingerprint density at radius 1 is 1.50 bits per heavy atom. The van der Waals surface area contributed by atoms with E-state index in [9.17, 15) is 9.59 Å². The zero-order valence-electron chi connectivity index (χ0n) is 11.1. The van der Waals surface area contributed by atoms with Crippen LogP contribution in [0.2, 0.25) is 0 Å². The highest BCUT2D eigenvalue weighted by Gasteiger charge is 2.12. The monoisotopic (exact) mass is 274 g/mol. The van der Waals surface area contributed by atoms with Crippen molar-refractivity contribution in [1.29, 1.82) is 5.26 Å². The summed E-state index contributed by atoms with van der Waals surface area (Å²) in [5, 5.41) is 20.0. The molecule has 0 radical (unpaired) electrons. The third-order valence-electron chi connectivity index (χ3n) is 2.42. The minimum absolute atomic E-state index is 0.0454. The van der Waals surface area contributed by atoms with E-state index in [1.54, 1.807) is 30.3 Å². The Bertz CT molecular complexity index is 587. The van der Waals surface area contributed by atoms with Gasteiger partial charge in [0.15, 0.2) is 6.10 Å². The number of hydrogen-bond acceptors (Lipinski definition) is 4. The van der Waals surface area contributed by atoms with Gasteiger partial charge in [0, 0.05) is 7.05 Å². The van der Waals surface area contributed by atoms with E-state index in [4.69, 9.17) is 15.1 Å². The van der Waals surface area contributed by atoms with Gasteiger partial charge < -0.3 is 15.2 Å². The quantitative estimate of drug-likeness (QED) is 0.620. The summed E-state index contributed by atoms with van der Waals surface area (Å²) < 4.78 is 5.21. The molecule has 0 saturated carbocycles. The fraction of sp³-hybridized carbons (Fsp3) is 0.214. The number of hydrogen-bond donors (Lipinski definition) is 2. The molecule has 1 rings (SSSR count). The van der Waals surface area contributed by atoms with E-state index in [1.807, 2.05) is 0 Å². The van der Waals surface area contributed by atoms with E-state index in [0.717, 1.165) is 0 Å². The minimum Gasteiger partial charge on any atom is -0.479 e. The van der Waals surface area contributed by atoms with Gasteiger partial charge in [-0.2, -0.15) is 5.26 Å². The number of carbonyl (C=O) groups is 2. The Labute approximate surface area is 116 Å². The first-order valence-electron chi connectivity index (χ1n) is 5.81. The molecule has 1 aromatic rings. The van der Waals surface area contributed by atoms with Gasteiger partial charge >= 0.3 is 5.97 Å². The van der Waals surface area contributed by atoms with Crippen LogP contribution in [0.25, 0.3) is 6.08 Å². The number of aliphatic carboxylic acids is 1. The number of nitrogens with one attached hydrogen (secondary N) is 1. The van der Waals surface area contributed by atoms with Crippen LogP contribution in [0.1, 0.15) is 12.5 Å². The number of carboxylic acid groups (broad SMARTS) is 1. The molecule has 20 heavy (non-hydrogen) atoms. The van der Waals surface area contributed by atoms with Gasteiger partial charge in [-0.25, -0.2) is 4.79 Å². The number of amides is 1. The molecule has 0 spiro atoms. The Morgan fingerprint density at radius 2 is 2.20 bits per heavy atom. The van der Waals surface area contributed by atoms with Crippen molar-refractivity contribution in [2.45, 2.75) is 13.0 Å². The SMILES string of the molecule is CNC(=O)C(C#N)=Cc1cccc(OC(C)C(=O)O)c1. The molecule has 0 bridgehead atoms. The van der Waals surface area contributed by atoms with Crippen LogP contribution in [0.3, 0.4) is 0 Å². The van der Waals surface area contributed by atoms with E-state index in [2.05, 4.69) is 5.32 Å². The highest BCUT2D eigenvalue weighted by molar-refractivity contribution is 6.01. The molecular weight excluding hydrogens is 260 g/mol. The van der Waals surface area contributed by atoms with E-state index in [0.29, 0.717) is 11.3 Å². The zero-order valence-corrected chi connectivity index (χ0v) is 11.1. The Kier molecular flexibility index (Phi) is 5.30. The fourth-order valence-electron chi connectivity index (χ4n) is 1.38. The second-order valence-corrected chi connectivity index (χ2v) is 3.92. The lowest BCUT2D eigenvalue weighted by atomic mass is 10.1. The topological polar surface area (TPSA) is 99.4 Å². The fourth-order valence-corrected chi connectivity index (χ4v) is 1.38. The molecule has 6 heteroatoms. The highest BCUT2D eigenvalue weighted by atomic mass is 16.5. The van der Waals surface area contributed by atoms with Crippen LogP contribution < -0.4 is 10.1 Å². The molecule has 1 atom stereocenters. The molecule has 1 amide bonds. The summed E-state index contributed by atoms with van der Waals surface area (Å²) in [6.07, 6.45) is 0.417. The molecule has 0 saturated heterocycles. The predicted molar refractivity (Wildman–Crippen MR) is 71.8 cm³/mol. The molecule has 2 N–H and O–H groups in total. The summed E-state index contributed by atoms with van der Waals surface area (Å²) >= 11 is 0. The predicted octanol–water partition coefficient (Wildman–Crippen LogP) is 1.19. The number of nitriles is 1. The maximum Gasteiger partial charge on any atom is 0.344 e. The first-order chi connectivity index (χ1) is 9.47. The molecule has 1 unspecified atom stereocenters. The summed E-state index contributed by atoms with van der Waals surface area (Å²) in [5.41, 5.74) is 0.524. The maximum absolute atomic E-state index is 11.4. The largest absolute Gasteiger partial charge is 0.479 e. The molecule has 0 aliphatic carbocycles. The van der Waals surface area contributed by atoms with Gasteiger partial charge in [0.05, 0.1) is 0 Å². The van der Waals surface area contributed by atoms with Crippen molar-refractivity contribution in [3.8, 4) is 11.8 Å². The Balaban J connectivity index is 2.99. The van der Waals surface area contributed by atoms with Gasteiger partial charge in [-0.15, -0.1) is 0 Å². The molecule has 6 nitrogen and oxygen atoms in total. The van der Waals surface area contributed by atoms with Gasteiger partial charge in [-0.1, -0.05) is 12.1 Å². The van der Waals surface area contributed by atoms with Crippen molar-refractivity contribution in [3.05, 3.63) is 35.4 Å². The lowest BCUT2D eigenvalue weighted by Crippen LogP contribution is -2.22. The van der Waals surface area contributed by atoms with Crippen LogP contribution in [0.15, 0.2) is 29.8 Å². The molecule has 0 aliphatic rings.